The zero-order valence-corrected chi connectivity index (χ0v) is 14.9. The van der Waals surface area contributed by atoms with Gasteiger partial charge in [-0.15, -0.1) is 0 Å². The van der Waals surface area contributed by atoms with Crippen LogP contribution in [0.1, 0.15) is 51.0 Å². The highest BCUT2D eigenvalue weighted by Gasteiger charge is 2.30. The zero-order chi connectivity index (χ0) is 16.8. The topological polar surface area (TPSA) is 35.6 Å². The lowest BCUT2D eigenvalue weighted by molar-refractivity contribution is 0.167. The van der Waals surface area contributed by atoms with E-state index in [2.05, 4.69) is 46.3 Å². The highest BCUT2D eigenvalue weighted by molar-refractivity contribution is 5.75. The lowest BCUT2D eigenvalue weighted by Gasteiger charge is -2.30. The third-order valence-corrected chi connectivity index (χ3v) is 5.36. The van der Waals surface area contributed by atoms with Gasteiger partial charge in [-0.05, 0) is 37.8 Å². The number of likely N-dealkylation sites (tertiary alicyclic amines) is 1. The Kier molecular flexibility index (Phi) is 6.13. The average Bonchev–Trinajstić information content (AvgIpc) is 3.26. The molecule has 0 aromatic heterocycles. The second-order valence-electron chi connectivity index (χ2n) is 7.29. The van der Waals surface area contributed by atoms with Crippen molar-refractivity contribution in [2.24, 2.45) is 0 Å². The Morgan fingerprint density at radius 1 is 1.21 bits per heavy atom. The van der Waals surface area contributed by atoms with E-state index >= 15 is 0 Å². The number of carbonyl (C=O) groups is 1. The maximum Gasteiger partial charge on any atom is 0.318 e. The minimum Gasteiger partial charge on any atom is -0.334 e. The Balaban J connectivity index is 1.61. The van der Waals surface area contributed by atoms with E-state index in [-0.39, 0.29) is 6.03 Å². The summed E-state index contributed by atoms with van der Waals surface area (Å²) >= 11 is 0. The monoisotopic (exact) mass is 329 g/mol. The number of nitrogens with one attached hydrogen (secondary N) is 1. The third-order valence-electron chi connectivity index (χ3n) is 5.36. The number of nitrogens with zero attached hydrogens (tertiary/aromatic N) is 2. The maximum atomic E-state index is 13.0. The van der Waals surface area contributed by atoms with Crippen LogP contribution in [0.15, 0.2) is 30.3 Å². The molecule has 2 amide bonds. The number of hydrogen-bond donors (Lipinski definition) is 1. The van der Waals surface area contributed by atoms with Gasteiger partial charge in [0.25, 0.3) is 0 Å². The molecular weight excluding hydrogens is 298 g/mol. The summed E-state index contributed by atoms with van der Waals surface area (Å²) in [5.41, 5.74) is 1.22. The molecule has 132 valence electrons. The van der Waals surface area contributed by atoms with Crippen LogP contribution in [0.4, 0.5) is 4.79 Å². The van der Waals surface area contributed by atoms with Crippen molar-refractivity contribution in [3.8, 4) is 0 Å². The predicted octanol–water partition coefficient (Wildman–Crippen LogP) is 3.63. The minimum absolute atomic E-state index is 0.133. The van der Waals surface area contributed by atoms with E-state index in [1.807, 2.05) is 6.07 Å². The van der Waals surface area contributed by atoms with Gasteiger partial charge in [0.15, 0.2) is 0 Å². The maximum absolute atomic E-state index is 13.0. The normalized spacial score (nSPS) is 22.0. The number of hydrogen-bond acceptors (Lipinski definition) is 2. The molecule has 1 N–H and O–H groups in total. The van der Waals surface area contributed by atoms with Crippen molar-refractivity contribution in [1.29, 1.82) is 0 Å². The largest absolute Gasteiger partial charge is 0.334 e. The smallest absolute Gasteiger partial charge is 0.318 e. The second-order valence-corrected chi connectivity index (χ2v) is 7.29. The molecule has 0 unspecified atom stereocenters. The van der Waals surface area contributed by atoms with Crippen molar-refractivity contribution in [1.82, 2.24) is 15.1 Å². The van der Waals surface area contributed by atoms with Crippen molar-refractivity contribution < 1.29 is 4.79 Å². The summed E-state index contributed by atoms with van der Waals surface area (Å²) in [5, 5.41) is 3.31. The molecule has 4 nitrogen and oxygen atoms in total. The lowest BCUT2D eigenvalue weighted by Crippen LogP contribution is -2.48. The standard InChI is InChI=1S/C20H31N3O/c1-2-13-22-14-12-18(16-22)21-20(24)23(19-10-6-7-11-19)15-17-8-4-3-5-9-17/h3-5,8-9,18-19H,2,6-7,10-16H2,1H3,(H,21,24)/t18-/m0/s1. The van der Waals surface area contributed by atoms with Crippen LogP contribution in [-0.4, -0.2) is 47.5 Å². The molecule has 0 radical (unpaired) electrons. The number of urea groups is 1. The van der Waals surface area contributed by atoms with Crippen LogP contribution in [0.25, 0.3) is 0 Å². The Labute approximate surface area is 146 Å². The van der Waals surface area contributed by atoms with Crippen LogP contribution in [0, 0.1) is 0 Å². The molecule has 2 aliphatic rings. The molecular formula is C20H31N3O. The van der Waals surface area contributed by atoms with Crippen LogP contribution in [0.2, 0.25) is 0 Å². The predicted molar refractivity (Wildman–Crippen MR) is 97.9 cm³/mol. The van der Waals surface area contributed by atoms with E-state index in [0.717, 1.165) is 45.4 Å². The van der Waals surface area contributed by atoms with Gasteiger partial charge in [0, 0.05) is 31.7 Å². The minimum atomic E-state index is 0.133. The fourth-order valence-electron chi connectivity index (χ4n) is 4.09. The molecule has 1 saturated heterocycles. The van der Waals surface area contributed by atoms with E-state index < -0.39 is 0 Å². The molecule has 1 aromatic rings. The van der Waals surface area contributed by atoms with E-state index in [1.165, 1.54) is 24.8 Å². The quantitative estimate of drug-likeness (QED) is 0.865. The van der Waals surface area contributed by atoms with Gasteiger partial charge < -0.3 is 15.1 Å². The summed E-state index contributed by atoms with van der Waals surface area (Å²) in [6.45, 7) is 6.20. The summed E-state index contributed by atoms with van der Waals surface area (Å²) in [6.07, 6.45) is 7.05. The molecule has 2 fully saturated rings. The van der Waals surface area contributed by atoms with E-state index in [1.54, 1.807) is 0 Å². The van der Waals surface area contributed by atoms with Gasteiger partial charge in [-0.1, -0.05) is 50.1 Å². The molecule has 24 heavy (non-hydrogen) atoms. The van der Waals surface area contributed by atoms with E-state index in [9.17, 15) is 4.79 Å². The summed E-state index contributed by atoms with van der Waals surface area (Å²) in [5.74, 6) is 0. The van der Waals surface area contributed by atoms with E-state index in [0.29, 0.717) is 12.1 Å². The molecule has 0 spiro atoms. The highest BCUT2D eigenvalue weighted by atomic mass is 16.2. The molecule has 1 aromatic carbocycles. The van der Waals surface area contributed by atoms with Gasteiger partial charge >= 0.3 is 6.03 Å². The van der Waals surface area contributed by atoms with Crippen molar-refractivity contribution in [2.45, 2.75) is 64.1 Å². The molecule has 1 aliphatic carbocycles. The highest BCUT2D eigenvalue weighted by Crippen LogP contribution is 2.25. The summed E-state index contributed by atoms with van der Waals surface area (Å²) < 4.78 is 0. The molecule has 1 atom stereocenters. The Bertz CT molecular complexity index is 513. The number of amides is 2. The molecule has 1 saturated carbocycles. The number of carbonyl (C=O) groups excluding carboxylic acids is 1. The summed E-state index contributed by atoms with van der Waals surface area (Å²) in [6, 6.07) is 11.2. The fraction of sp³-hybridized carbons (Fsp3) is 0.650. The van der Waals surface area contributed by atoms with Gasteiger partial charge in [0.1, 0.15) is 0 Å². The first-order valence-electron chi connectivity index (χ1n) is 9.59. The van der Waals surface area contributed by atoms with Crippen molar-refractivity contribution in [3.63, 3.8) is 0 Å². The molecule has 1 aliphatic heterocycles. The summed E-state index contributed by atoms with van der Waals surface area (Å²) in [4.78, 5) is 17.5. The first-order chi connectivity index (χ1) is 11.8. The van der Waals surface area contributed by atoms with Gasteiger partial charge in [0.05, 0.1) is 0 Å². The lowest BCUT2D eigenvalue weighted by atomic mass is 10.1. The van der Waals surface area contributed by atoms with Gasteiger partial charge in [0.2, 0.25) is 0 Å². The Morgan fingerprint density at radius 2 is 1.96 bits per heavy atom. The van der Waals surface area contributed by atoms with Crippen LogP contribution in [0.3, 0.4) is 0 Å². The number of rotatable bonds is 6. The fourth-order valence-corrected chi connectivity index (χ4v) is 4.09. The van der Waals surface area contributed by atoms with Crippen LogP contribution >= 0.6 is 0 Å². The second kappa shape index (κ2) is 8.52. The van der Waals surface area contributed by atoms with E-state index in [4.69, 9.17) is 0 Å². The van der Waals surface area contributed by atoms with Crippen molar-refractivity contribution >= 4 is 6.03 Å². The Hall–Kier alpha value is -1.55. The van der Waals surface area contributed by atoms with Gasteiger partial charge in [-0.2, -0.15) is 0 Å². The SMILES string of the molecule is CCCN1CC[C@H](NC(=O)N(Cc2ccccc2)C2CCCC2)C1. The third kappa shape index (κ3) is 4.50. The van der Waals surface area contributed by atoms with Crippen LogP contribution in [-0.2, 0) is 6.54 Å². The van der Waals surface area contributed by atoms with Gasteiger partial charge in [-0.3, -0.25) is 0 Å². The molecule has 3 rings (SSSR count). The molecule has 4 heteroatoms. The average molecular weight is 329 g/mol. The van der Waals surface area contributed by atoms with Crippen molar-refractivity contribution in [3.05, 3.63) is 35.9 Å². The zero-order valence-electron chi connectivity index (χ0n) is 14.9. The number of benzene rings is 1. The molecule has 0 bridgehead atoms. The Morgan fingerprint density at radius 3 is 2.67 bits per heavy atom. The van der Waals surface area contributed by atoms with Gasteiger partial charge in [-0.25, -0.2) is 4.79 Å². The first kappa shape index (κ1) is 17.3. The molecule has 1 heterocycles. The van der Waals surface area contributed by atoms with Crippen molar-refractivity contribution in [2.75, 3.05) is 19.6 Å². The summed E-state index contributed by atoms with van der Waals surface area (Å²) in [7, 11) is 0. The van der Waals surface area contributed by atoms with Crippen LogP contribution < -0.4 is 5.32 Å². The first-order valence-corrected chi connectivity index (χ1v) is 9.59. The van der Waals surface area contributed by atoms with Crippen LogP contribution in [0.5, 0.6) is 0 Å².